The van der Waals surface area contributed by atoms with Crippen LogP contribution in [0.1, 0.15) is 39.2 Å². The van der Waals surface area contributed by atoms with Gasteiger partial charge < -0.3 is 15.0 Å². The molecule has 8 nitrogen and oxygen atoms in total. The normalized spacial score (nSPS) is 11.9. The van der Waals surface area contributed by atoms with Crippen LogP contribution in [0.25, 0.3) is 0 Å². The van der Waals surface area contributed by atoms with E-state index in [0.717, 1.165) is 40.6 Å². The Morgan fingerprint density at radius 1 is 0.925 bits per heavy atom. The van der Waals surface area contributed by atoms with Crippen LogP contribution in [0.3, 0.4) is 0 Å². The molecule has 0 saturated heterocycles. The average Bonchev–Trinajstić information content (AvgIpc) is 2.96. The fraction of sp³-hybridized carbons (Fsp3) is 0.333. The molecule has 0 aliphatic carbocycles. The summed E-state index contributed by atoms with van der Waals surface area (Å²) in [4.78, 5) is 28.3. The largest absolute Gasteiger partial charge is 0.494 e. The van der Waals surface area contributed by atoms with Gasteiger partial charge in [-0.15, -0.1) is 0 Å². The number of nitrogens with one attached hydrogen (secondary N) is 1. The molecule has 3 aromatic rings. The summed E-state index contributed by atoms with van der Waals surface area (Å²) in [6, 6.07) is 19.1. The second-order valence-electron chi connectivity index (χ2n) is 9.11. The average molecular weight is 570 g/mol. The maximum Gasteiger partial charge on any atom is 0.264 e. The zero-order valence-electron chi connectivity index (χ0n) is 23.0. The Morgan fingerprint density at radius 2 is 1.57 bits per heavy atom. The van der Waals surface area contributed by atoms with Crippen molar-refractivity contribution in [2.24, 2.45) is 0 Å². The van der Waals surface area contributed by atoms with Crippen molar-refractivity contribution in [1.82, 2.24) is 10.2 Å². The van der Waals surface area contributed by atoms with Gasteiger partial charge in [-0.05, 0) is 73.9 Å². The lowest BCUT2D eigenvalue weighted by Crippen LogP contribution is -2.52. The van der Waals surface area contributed by atoms with E-state index in [1.54, 1.807) is 31.2 Å². The second-order valence-corrected chi connectivity index (χ2v) is 11.0. The van der Waals surface area contributed by atoms with Gasteiger partial charge in [0, 0.05) is 13.1 Å². The van der Waals surface area contributed by atoms with Crippen molar-refractivity contribution in [3.63, 3.8) is 0 Å². The molecule has 1 atom stereocenters. The molecule has 2 amide bonds. The van der Waals surface area contributed by atoms with Gasteiger partial charge in [0.2, 0.25) is 11.8 Å². The van der Waals surface area contributed by atoms with Crippen LogP contribution in [0.4, 0.5) is 10.1 Å². The van der Waals surface area contributed by atoms with Crippen molar-refractivity contribution in [2.45, 2.75) is 51.1 Å². The van der Waals surface area contributed by atoms with E-state index in [9.17, 15) is 22.4 Å². The highest BCUT2D eigenvalue weighted by atomic mass is 32.2. The van der Waals surface area contributed by atoms with E-state index in [4.69, 9.17) is 4.74 Å². The van der Waals surface area contributed by atoms with Crippen molar-refractivity contribution < 1.29 is 27.1 Å². The maximum atomic E-state index is 14.0. The lowest BCUT2D eigenvalue weighted by atomic mass is 10.1. The number of sulfonamides is 1. The van der Waals surface area contributed by atoms with Crippen LogP contribution < -0.4 is 14.4 Å². The van der Waals surface area contributed by atoms with Crippen molar-refractivity contribution >= 4 is 27.5 Å². The van der Waals surface area contributed by atoms with Crippen LogP contribution in [-0.4, -0.2) is 50.9 Å². The molecule has 0 saturated carbocycles. The first-order chi connectivity index (χ1) is 19.2. The van der Waals surface area contributed by atoms with E-state index < -0.39 is 34.3 Å². The Hall–Kier alpha value is -3.92. The summed E-state index contributed by atoms with van der Waals surface area (Å²) in [6.07, 6.45) is 1.07. The van der Waals surface area contributed by atoms with E-state index in [1.165, 1.54) is 4.90 Å². The minimum atomic E-state index is -4.29. The first-order valence-corrected chi connectivity index (χ1v) is 14.8. The Bertz CT molecular complexity index is 1350. The number of anilines is 1. The van der Waals surface area contributed by atoms with Crippen molar-refractivity contribution in [3.8, 4) is 5.75 Å². The van der Waals surface area contributed by atoms with Gasteiger partial charge in [0.15, 0.2) is 0 Å². The third-order valence-corrected chi connectivity index (χ3v) is 8.04. The lowest BCUT2D eigenvalue weighted by molar-refractivity contribution is -0.140. The van der Waals surface area contributed by atoms with Crippen LogP contribution in [0.2, 0.25) is 0 Å². The Labute approximate surface area is 235 Å². The Balaban J connectivity index is 2.04. The summed E-state index contributed by atoms with van der Waals surface area (Å²) in [7, 11) is -4.29. The lowest BCUT2D eigenvalue weighted by Gasteiger charge is -2.33. The molecule has 0 unspecified atom stereocenters. The van der Waals surface area contributed by atoms with E-state index in [2.05, 4.69) is 5.32 Å². The van der Waals surface area contributed by atoms with E-state index >= 15 is 0 Å². The predicted octanol–water partition coefficient (Wildman–Crippen LogP) is 4.75. The number of carbonyl (C=O) groups is 2. The molecule has 0 heterocycles. The monoisotopic (exact) mass is 569 g/mol. The molecular weight excluding hydrogens is 533 g/mol. The van der Waals surface area contributed by atoms with Crippen LogP contribution in [-0.2, 0) is 26.2 Å². The van der Waals surface area contributed by atoms with E-state index in [1.807, 2.05) is 44.2 Å². The zero-order chi connectivity index (χ0) is 29.1. The quantitative estimate of drug-likeness (QED) is 0.302. The third-order valence-electron chi connectivity index (χ3n) is 6.25. The fourth-order valence-corrected chi connectivity index (χ4v) is 5.62. The third kappa shape index (κ3) is 7.81. The number of hydrogen-bond acceptors (Lipinski definition) is 5. The highest BCUT2D eigenvalue weighted by Crippen LogP contribution is 2.27. The highest BCUT2D eigenvalue weighted by Gasteiger charge is 2.33. The molecule has 214 valence electrons. The summed E-state index contributed by atoms with van der Waals surface area (Å²) in [5.74, 6) is -0.897. The number of halogens is 1. The molecule has 0 fully saturated rings. The Kier molecular flexibility index (Phi) is 11.1. The van der Waals surface area contributed by atoms with Gasteiger partial charge in [-0.1, -0.05) is 44.2 Å². The second kappa shape index (κ2) is 14.5. The van der Waals surface area contributed by atoms with Gasteiger partial charge in [0.1, 0.15) is 24.2 Å². The number of benzene rings is 3. The molecule has 0 spiro atoms. The summed E-state index contributed by atoms with van der Waals surface area (Å²) >= 11 is 0. The summed E-state index contributed by atoms with van der Waals surface area (Å²) in [5, 5.41) is 2.85. The topological polar surface area (TPSA) is 96.0 Å². The minimum absolute atomic E-state index is 0.117. The standard InChI is InChI=1S/C30H36FN3O5S/c1-4-20-32-30(36)28(5-2)33(21-23-10-8-7-9-11-23)29(35)22-34(25-14-16-26(17-15-25)39-6-3)40(37,38)27-18-12-24(31)13-19-27/h7-19,28H,4-6,20-22H2,1-3H3,(H,32,36)/t28-/m0/s1. The van der Waals surface area contributed by atoms with Gasteiger partial charge in [0.25, 0.3) is 10.0 Å². The van der Waals surface area contributed by atoms with Crippen LogP contribution in [0.15, 0.2) is 83.8 Å². The van der Waals surface area contributed by atoms with Gasteiger partial charge >= 0.3 is 0 Å². The van der Waals surface area contributed by atoms with E-state index in [0.29, 0.717) is 25.3 Å². The number of amides is 2. The molecular formula is C30H36FN3O5S. The molecule has 0 bridgehead atoms. The predicted molar refractivity (Wildman–Crippen MR) is 153 cm³/mol. The van der Waals surface area contributed by atoms with E-state index in [-0.39, 0.29) is 23.0 Å². The van der Waals surface area contributed by atoms with Crippen molar-refractivity contribution in [3.05, 3.63) is 90.2 Å². The van der Waals surface area contributed by atoms with Crippen LogP contribution in [0, 0.1) is 5.82 Å². The molecule has 1 N–H and O–H groups in total. The molecule has 3 aromatic carbocycles. The summed E-state index contributed by atoms with van der Waals surface area (Å²) < 4.78 is 47.7. The van der Waals surface area contributed by atoms with Gasteiger partial charge in [0.05, 0.1) is 17.2 Å². The first kappa shape index (κ1) is 30.6. The van der Waals surface area contributed by atoms with Gasteiger partial charge in [-0.2, -0.15) is 0 Å². The Morgan fingerprint density at radius 3 is 2.15 bits per heavy atom. The first-order valence-electron chi connectivity index (χ1n) is 13.3. The smallest absolute Gasteiger partial charge is 0.264 e. The van der Waals surface area contributed by atoms with Crippen molar-refractivity contribution in [2.75, 3.05) is 24.0 Å². The SMILES string of the molecule is CCCNC(=O)[C@H](CC)N(Cc1ccccc1)C(=O)CN(c1ccc(OCC)cc1)S(=O)(=O)c1ccc(F)cc1. The molecule has 3 rings (SSSR count). The fourth-order valence-electron chi connectivity index (χ4n) is 4.20. The number of nitrogens with zero attached hydrogens (tertiary/aromatic N) is 2. The molecule has 0 aliphatic heterocycles. The molecule has 0 radical (unpaired) electrons. The summed E-state index contributed by atoms with van der Waals surface area (Å²) in [6.45, 7) is 6.01. The molecule has 0 aromatic heterocycles. The molecule has 10 heteroatoms. The zero-order valence-corrected chi connectivity index (χ0v) is 23.9. The number of hydrogen-bond donors (Lipinski definition) is 1. The molecule has 0 aliphatic rings. The van der Waals surface area contributed by atoms with Crippen LogP contribution in [0.5, 0.6) is 5.75 Å². The molecule has 40 heavy (non-hydrogen) atoms. The van der Waals surface area contributed by atoms with Crippen molar-refractivity contribution in [1.29, 1.82) is 0 Å². The minimum Gasteiger partial charge on any atom is -0.494 e. The van der Waals surface area contributed by atoms with Gasteiger partial charge in [-0.3, -0.25) is 13.9 Å². The number of carbonyl (C=O) groups excluding carboxylic acids is 2. The number of ether oxygens (including phenoxy) is 1. The summed E-state index contributed by atoms with van der Waals surface area (Å²) in [5.41, 5.74) is 1.02. The maximum absolute atomic E-state index is 14.0. The highest BCUT2D eigenvalue weighted by molar-refractivity contribution is 7.92. The van der Waals surface area contributed by atoms with Gasteiger partial charge in [-0.25, -0.2) is 12.8 Å². The number of rotatable bonds is 14. The van der Waals surface area contributed by atoms with Crippen LogP contribution >= 0.6 is 0 Å².